The average molecular weight is 56.9 g/mol. The summed E-state index contributed by atoms with van der Waals surface area (Å²) in [6, 6.07) is 0. The van der Waals surface area contributed by atoms with E-state index in [0.717, 1.165) is 0 Å². The van der Waals surface area contributed by atoms with E-state index in [0.29, 0.717) is 0 Å². The molecule has 0 aliphatic carbocycles. The van der Waals surface area contributed by atoms with Gasteiger partial charge in [-0.2, -0.15) is 0 Å². The van der Waals surface area contributed by atoms with Crippen molar-refractivity contribution in [3.8, 4) is 0 Å². The van der Waals surface area contributed by atoms with Crippen molar-refractivity contribution in [1.82, 2.24) is 0 Å². The highest BCUT2D eigenvalue weighted by molar-refractivity contribution is 6.05. The smallest absolute Gasteiger partial charge is 0.0606 e. The Morgan fingerprint density at radius 3 is 1.25 bits per heavy atom. The first-order chi connectivity index (χ1) is 2.00. The molecule has 0 aromatic rings. The summed E-state index contributed by atoms with van der Waals surface area (Å²) in [5, 5.41) is 0. The van der Waals surface area contributed by atoms with Crippen LogP contribution in [0, 0.1) is 0 Å². The van der Waals surface area contributed by atoms with Crippen molar-refractivity contribution < 1.29 is 0 Å². The molecule has 0 bridgehead atoms. The molecule has 0 unspecified atom stereocenters. The molecule has 0 rings (SSSR count). The summed E-state index contributed by atoms with van der Waals surface area (Å²) in [5.41, 5.74) is 4.50. The minimum Gasteiger partial charge on any atom is -0.333 e. The lowest BCUT2D eigenvalue weighted by Gasteiger charge is -1.19. The third-order valence-corrected chi connectivity index (χ3v) is 0. The maximum Gasteiger partial charge on any atom is 0.0606 e. The standard InChI is InChI=1S/CH3B.CH5N/c2*1-2/h1H3;2H2,1H3. The molecule has 0 spiro atoms. The molecule has 1 nitrogen and oxygen atoms in total. The molecule has 2 radical (unpaired) electrons. The monoisotopic (exact) mass is 57.1 g/mol. The van der Waals surface area contributed by atoms with Gasteiger partial charge in [0.2, 0.25) is 0 Å². The second-order valence-corrected chi connectivity index (χ2v) is 0. The molecule has 0 heterocycles. The minimum atomic E-state index is 1.50. The zero-order chi connectivity index (χ0) is 4.00. The zero-order valence-electron chi connectivity index (χ0n) is 3.15. The molecule has 24 valence electrons. The van der Waals surface area contributed by atoms with E-state index in [1.54, 1.807) is 0 Å². The largest absolute Gasteiger partial charge is 0.333 e. The van der Waals surface area contributed by atoms with Crippen molar-refractivity contribution in [2.75, 3.05) is 7.05 Å². The van der Waals surface area contributed by atoms with E-state index in [1.165, 1.54) is 13.9 Å². The van der Waals surface area contributed by atoms with Gasteiger partial charge in [0.05, 0.1) is 7.85 Å². The van der Waals surface area contributed by atoms with Crippen LogP contribution in [0.1, 0.15) is 0 Å². The third kappa shape index (κ3) is 3420. The second-order valence-electron chi connectivity index (χ2n) is 0. The van der Waals surface area contributed by atoms with Gasteiger partial charge in [0, 0.05) is 0 Å². The van der Waals surface area contributed by atoms with Crippen molar-refractivity contribution in [2.24, 2.45) is 5.73 Å². The highest BCUT2D eigenvalue weighted by Gasteiger charge is 0.984. The van der Waals surface area contributed by atoms with E-state index in [-0.39, 0.29) is 0 Å². The van der Waals surface area contributed by atoms with Gasteiger partial charge >= 0.3 is 0 Å². The lowest BCUT2D eigenvalue weighted by atomic mass is 10.2. The van der Waals surface area contributed by atoms with Crippen LogP contribution >= 0.6 is 0 Å². The normalized spacial score (nSPS) is 2.75. The van der Waals surface area contributed by atoms with Crippen LogP contribution in [0.25, 0.3) is 0 Å². The summed E-state index contributed by atoms with van der Waals surface area (Å²) in [6.45, 7) is 1.50. The molecule has 0 amide bonds. The summed E-state index contributed by atoms with van der Waals surface area (Å²) >= 11 is 0. The van der Waals surface area contributed by atoms with Crippen LogP contribution in [-0.2, 0) is 0 Å². The van der Waals surface area contributed by atoms with Crippen LogP contribution in [0.2, 0.25) is 6.82 Å². The van der Waals surface area contributed by atoms with Gasteiger partial charge in [-0.3, -0.25) is 0 Å². The lowest BCUT2D eigenvalue weighted by molar-refractivity contribution is 1.48. The van der Waals surface area contributed by atoms with Gasteiger partial charge < -0.3 is 5.73 Å². The summed E-state index contributed by atoms with van der Waals surface area (Å²) in [5.74, 6) is 0. The van der Waals surface area contributed by atoms with Crippen LogP contribution in [-0.4, -0.2) is 14.9 Å². The summed E-state index contributed by atoms with van der Waals surface area (Å²) in [7, 11) is 6.00. The van der Waals surface area contributed by atoms with Crippen LogP contribution < -0.4 is 5.73 Å². The molecule has 0 saturated heterocycles. The first-order valence-corrected chi connectivity index (χ1v) is 1.15. The van der Waals surface area contributed by atoms with Gasteiger partial charge in [-0.1, -0.05) is 6.82 Å². The summed E-state index contributed by atoms with van der Waals surface area (Å²) < 4.78 is 0. The number of hydrogen-bond acceptors (Lipinski definition) is 1. The predicted molar refractivity (Wildman–Crippen MR) is 21.7 cm³/mol. The van der Waals surface area contributed by atoms with Gasteiger partial charge in [0.25, 0.3) is 0 Å². The maximum absolute atomic E-state index is 4.50. The molecule has 2 N–H and O–H groups in total. The minimum absolute atomic E-state index is 1.50. The van der Waals surface area contributed by atoms with E-state index < -0.39 is 0 Å². The quantitative estimate of drug-likeness (QED) is 0.382. The Balaban J connectivity index is 0. The summed E-state index contributed by atoms with van der Waals surface area (Å²) in [4.78, 5) is 0. The molecular formula is C2H8BN. The predicted octanol–water partition coefficient (Wildman–Crippen LogP) is -0.222. The van der Waals surface area contributed by atoms with Crippen molar-refractivity contribution >= 4 is 7.85 Å². The Hall–Kier alpha value is 0.0249. The van der Waals surface area contributed by atoms with Crippen LogP contribution in [0.4, 0.5) is 0 Å². The molecule has 0 aromatic carbocycles. The van der Waals surface area contributed by atoms with E-state index in [4.69, 9.17) is 0 Å². The third-order valence-electron chi connectivity index (χ3n) is 0. The van der Waals surface area contributed by atoms with Gasteiger partial charge in [-0.25, -0.2) is 0 Å². The van der Waals surface area contributed by atoms with Crippen LogP contribution in [0.5, 0.6) is 0 Å². The van der Waals surface area contributed by atoms with Crippen LogP contribution in [0.3, 0.4) is 0 Å². The van der Waals surface area contributed by atoms with Gasteiger partial charge in [-0.05, 0) is 7.05 Å². The molecule has 4 heavy (non-hydrogen) atoms. The Morgan fingerprint density at radius 1 is 1.25 bits per heavy atom. The van der Waals surface area contributed by atoms with E-state index in [1.807, 2.05) is 0 Å². The number of hydrogen-bond donors (Lipinski definition) is 1. The topological polar surface area (TPSA) is 26.0 Å². The van der Waals surface area contributed by atoms with Crippen molar-refractivity contribution in [3.05, 3.63) is 0 Å². The molecule has 0 aromatic heterocycles. The van der Waals surface area contributed by atoms with Gasteiger partial charge in [0.15, 0.2) is 0 Å². The van der Waals surface area contributed by atoms with E-state index in [9.17, 15) is 0 Å². The van der Waals surface area contributed by atoms with Crippen molar-refractivity contribution in [2.45, 2.75) is 6.82 Å². The van der Waals surface area contributed by atoms with Gasteiger partial charge in [0.1, 0.15) is 0 Å². The molecule has 2 heteroatoms. The highest BCUT2D eigenvalue weighted by atomic mass is 14.4. The fraction of sp³-hybridized carbons (Fsp3) is 1.00. The van der Waals surface area contributed by atoms with E-state index >= 15 is 0 Å². The Labute approximate surface area is 28.6 Å². The Kier molecular flexibility index (Phi) is 44800. The first kappa shape index (κ1) is 8.98. The molecule has 0 fully saturated rings. The second kappa shape index (κ2) is 19900. The van der Waals surface area contributed by atoms with Crippen molar-refractivity contribution in [3.63, 3.8) is 0 Å². The fourth-order valence-electron chi connectivity index (χ4n) is 0. The Morgan fingerprint density at radius 2 is 1.25 bits per heavy atom. The fourth-order valence-corrected chi connectivity index (χ4v) is 0. The molecule has 0 saturated carbocycles. The number of nitrogens with two attached hydrogens (primary N) is 1. The summed E-state index contributed by atoms with van der Waals surface area (Å²) in [6.07, 6.45) is 0. The Bertz CT molecular complexity index is 6.00. The van der Waals surface area contributed by atoms with Crippen LogP contribution in [0.15, 0.2) is 0 Å². The van der Waals surface area contributed by atoms with Gasteiger partial charge in [-0.15, -0.1) is 0 Å². The molecule has 0 aliphatic rings. The van der Waals surface area contributed by atoms with E-state index in [2.05, 4.69) is 13.6 Å². The number of rotatable bonds is 0. The average Bonchev–Trinajstić information content (AvgIpc) is 1.50. The molecular weight excluding hydrogens is 48.8 g/mol. The SMILES string of the molecule is CN.[B]C. The maximum atomic E-state index is 4.50. The highest BCUT2D eigenvalue weighted by Crippen LogP contribution is 0.960. The zero-order valence-corrected chi connectivity index (χ0v) is 3.15. The molecule has 0 atom stereocenters. The lowest BCUT2D eigenvalue weighted by Crippen LogP contribution is -1.69. The first-order valence-electron chi connectivity index (χ1n) is 1.15. The molecule has 0 aliphatic heterocycles. The van der Waals surface area contributed by atoms with Crippen molar-refractivity contribution in [1.29, 1.82) is 0 Å².